The number of carbonyl (C=O) groups excluding carboxylic acids is 1. The number of nitrogens with one attached hydrogen (secondary N) is 1. The topological polar surface area (TPSA) is 76.4 Å². The van der Waals surface area contributed by atoms with Crippen molar-refractivity contribution in [3.63, 3.8) is 0 Å². The van der Waals surface area contributed by atoms with Gasteiger partial charge < -0.3 is 15.3 Å². The van der Waals surface area contributed by atoms with Crippen molar-refractivity contribution in [3.05, 3.63) is 88.5 Å². The molecule has 1 aromatic heterocycles. The molecule has 0 bridgehead atoms. The fourth-order valence-electron chi connectivity index (χ4n) is 4.25. The van der Waals surface area contributed by atoms with Crippen molar-refractivity contribution in [2.75, 3.05) is 12.4 Å². The van der Waals surface area contributed by atoms with Gasteiger partial charge in [-0.25, -0.2) is 9.37 Å². The molecule has 4 aromatic rings. The summed E-state index contributed by atoms with van der Waals surface area (Å²) in [6, 6.07) is 12.4. The number of rotatable bonds is 5. The van der Waals surface area contributed by atoms with Gasteiger partial charge in [-0.05, 0) is 61.7 Å². The van der Waals surface area contributed by atoms with Crippen LogP contribution in [0.15, 0.2) is 54.6 Å². The van der Waals surface area contributed by atoms with Gasteiger partial charge in [0.15, 0.2) is 11.5 Å². The number of carbonyl (C=O) groups is 1. The van der Waals surface area contributed by atoms with Gasteiger partial charge in [0.25, 0.3) is 5.91 Å². The Hall–Kier alpha value is -4.34. The van der Waals surface area contributed by atoms with Gasteiger partial charge in [0, 0.05) is 17.3 Å². The van der Waals surface area contributed by atoms with Gasteiger partial charge >= 0.3 is 6.18 Å². The maximum Gasteiger partial charge on any atom is 0.416 e. The van der Waals surface area contributed by atoms with E-state index in [0.29, 0.717) is 10.3 Å². The van der Waals surface area contributed by atoms with Crippen LogP contribution in [0.3, 0.4) is 0 Å². The average molecular weight is 513 g/mol. The Morgan fingerprint density at radius 3 is 2.27 bits per heavy atom. The van der Waals surface area contributed by atoms with Gasteiger partial charge in [-0.15, -0.1) is 0 Å². The molecule has 192 valence electrons. The van der Waals surface area contributed by atoms with E-state index in [1.807, 2.05) is 32.0 Å². The molecule has 0 unspecified atom stereocenters. The number of imidazole rings is 1. The zero-order chi connectivity index (χ0) is 27.1. The molecule has 0 aliphatic heterocycles. The number of ether oxygens (including phenoxy) is 1. The van der Waals surface area contributed by atoms with Crippen LogP contribution in [0.2, 0.25) is 0 Å². The molecule has 0 fully saturated rings. The van der Waals surface area contributed by atoms with Gasteiger partial charge in [-0.3, -0.25) is 4.79 Å². The SMILES string of the molecule is COc1cc(F)c(-c2nc(C)c(C(=O)Nc3cccc(C(F)(F)F)c3)n2O)cc1-c1c(C)cccc1C. The lowest BCUT2D eigenvalue weighted by Gasteiger charge is -2.16. The van der Waals surface area contributed by atoms with E-state index in [-0.39, 0.29) is 34.2 Å². The smallest absolute Gasteiger partial charge is 0.416 e. The van der Waals surface area contributed by atoms with E-state index in [4.69, 9.17) is 4.74 Å². The molecule has 6 nitrogen and oxygen atoms in total. The Bertz CT molecular complexity index is 1490. The molecule has 37 heavy (non-hydrogen) atoms. The van der Waals surface area contributed by atoms with Crippen molar-refractivity contribution in [3.8, 4) is 28.3 Å². The van der Waals surface area contributed by atoms with E-state index in [0.717, 1.165) is 34.9 Å². The van der Waals surface area contributed by atoms with E-state index in [2.05, 4.69) is 10.3 Å². The molecule has 0 radical (unpaired) electrons. The Balaban J connectivity index is 1.78. The third-order valence-corrected chi connectivity index (χ3v) is 5.97. The summed E-state index contributed by atoms with van der Waals surface area (Å²) in [7, 11) is 1.42. The van der Waals surface area contributed by atoms with Crippen LogP contribution < -0.4 is 10.1 Å². The minimum atomic E-state index is -4.60. The highest BCUT2D eigenvalue weighted by molar-refractivity contribution is 6.04. The molecule has 0 atom stereocenters. The first kappa shape index (κ1) is 25.7. The molecule has 0 saturated heterocycles. The zero-order valence-corrected chi connectivity index (χ0v) is 20.4. The van der Waals surface area contributed by atoms with Crippen molar-refractivity contribution in [1.82, 2.24) is 9.71 Å². The number of anilines is 1. The number of nitrogens with zero attached hydrogens (tertiary/aromatic N) is 2. The van der Waals surface area contributed by atoms with Crippen molar-refractivity contribution < 1.29 is 32.3 Å². The first-order valence-electron chi connectivity index (χ1n) is 11.1. The number of aromatic nitrogens is 2. The largest absolute Gasteiger partial charge is 0.496 e. The quantitative estimate of drug-likeness (QED) is 0.227. The van der Waals surface area contributed by atoms with E-state index >= 15 is 4.39 Å². The number of amides is 1. The summed E-state index contributed by atoms with van der Waals surface area (Å²) in [6.07, 6.45) is -4.60. The van der Waals surface area contributed by atoms with Gasteiger partial charge in [0.2, 0.25) is 0 Å². The van der Waals surface area contributed by atoms with Crippen LogP contribution in [-0.4, -0.2) is 27.9 Å². The summed E-state index contributed by atoms with van der Waals surface area (Å²) in [6.45, 7) is 5.22. The normalized spacial score (nSPS) is 11.5. The van der Waals surface area contributed by atoms with E-state index < -0.39 is 23.5 Å². The Morgan fingerprint density at radius 1 is 1.00 bits per heavy atom. The molecule has 0 spiro atoms. The van der Waals surface area contributed by atoms with E-state index in [1.54, 1.807) is 0 Å². The molecule has 3 aromatic carbocycles. The third kappa shape index (κ3) is 4.87. The summed E-state index contributed by atoms with van der Waals surface area (Å²) in [5, 5.41) is 13.2. The number of alkyl halides is 3. The number of hydrogen-bond donors (Lipinski definition) is 2. The fraction of sp³-hybridized carbons (Fsp3) is 0.185. The monoisotopic (exact) mass is 513 g/mol. The number of methoxy groups -OCH3 is 1. The van der Waals surface area contributed by atoms with E-state index in [9.17, 15) is 23.2 Å². The molecular weight excluding hydrogens is 490 g/mol. The average Bonchev–Trinajstić information content (AvgIpc) is 3.12. The zero-order valence-electron chi connectivity index (χ0n) is 20.4. The highest BCUT2D eigenvalue weighted by Gasteiger charge is 2.31. The lowest BCUT2D eigenvalue weighted by molar-refractivity contribution is -0.137. The molecular formula is C27H23F4N3O3. The maximum atomic E-state index is 15.2. The lowest BCUT2D eigenvalue weighted by atomic mass is 9.93. The highest BCUT2D eigenvalue weighted by atomic mass is 19.4. The molecule has 0 aliphatic rings. The van der Waals surface area contributed by atoms with Gasteiger partial charge in [-0.2, -0.15) is 17.9 Å². The molecule has 2 N–H and O–H groups in total. The third-order valence-electron chi connectivity index (χ3n) is 5.97. The molecule has 4 rings (SSSR count). The van der Waals surface area contributed by atoms with Crippen molar-refractivity contribution in [2.45, 2.75) is 26.9 Å². The summed E-state index contributed by atoms with van der Waals surface area (Å²) < 4.78 is 60.1. The minimum absolute atomic E-state index is 0.0471. The van der Waals surface area contributed by atoms with Crippen LogP contribution in [0.1, 0.15) is 32.9 Å². The summed E-state index contributed by atoms with van der Waals surface area (Å²) in [5.74, 6) is -1.65. The van der Waals surface area contributed by atoms with Crippen LogP contribution in [0.25, 0.3) is 22.5 Å². The fourth-order valence-corrected chi connectivity index (χ4v) is 4.25. The predicted octanol–water partition coefficient (Wildman–Crippen LogP) is 6.80. The molecule has 10 heteroatoms. The lowest BCUT2D eigenvalue weighted by Crippen LogP contribution is -2.18. The first-order valence-corrected chi connectivity index (χ1v) is 11.1. The first-order chi connectivity index (χ1) is 17.4. The second kappa shape index (κ2) is 9.61. The van der Waals surface area contributed by atoms with Crippen LogP contribution in [-0.2, 0) is 6.18 Å². The van der Waals surface area contributed by atoms with Crippen LogP contribution >= 0.6 is 0 Å². The number of hydrogen-bond acceptors (Lipinski definition) is 4. The van der Waals surface area contributed by atoms with Crippen LogP contribution in [0, 0.1) is 26.6 Å². The van der Waals surface area contributed by atoms with Gasteiger partial charge in [-0.1, -0.05) is 24.3 Å². The molecule has 1 amide bonds. The molecule has 1 heterocycles. The summed E-state index contributed by atoms with van der Waals surface area (Å²) >= 11 is 0. The van der Waals surface area contributed by atoms with E-state index in [1.165, 1.54) is 32.2 Å². The van der Waals surface area contributed by atoms with Crippen LogP contribution in [0.5, 0.6) is 5.75 Å². The second-order valence-corrected chi connectivity index (χ2v) is 8.51. The summed E-state index contributed by atoms with van der Waals surface area (Å²) in [5.41, 5.74) is 1.74. The number of halogens is 4. The minimum Gasteiger partial charge on any atom is -0.496 e. The standard InChI is InChI=1S/C27H23F4N3O3/c1-14-7-5-8-15(2)23(14)20-12-19(21(28)13-22(20)37-4)25-32-16(3)24(34(25)36)26(35)33-18-10-6-9-17(11-18)27(29,30)31/h5-13,36H,1-4H3,(H,33,35). The summed E-state index contributed by atoms with van der Waals surface area (Å²) in [4.78, 5) is 17.1. The van der Waals surface area contributed by atoms with Gasteiger partial charge in [0.05, 0.1) is 23.9 Å². The Kier molecular flexibility index (Phi) is 6.68. The Morgan fingerprint density at radius 2 is 1.65 bits per heavy atom. The van der Waals surface area contributed by atoms with Crippen molar-refractivity contribution in [1.29, 1.82) is 0 Å². The molecule has 0 aliphatic carbocycles. The maximum absolute atomic E-state index is 15.2. The number of benzene rings is 3. The number of aryl methyl sites for hydroxylation is 3. The molecule has 0 saturated carbocycles. The van der Waals surface area contributed by atoms with Crippen molar-refractivity contribution >= 4 is 11.6 Å². The van der Waals surface area contributed by atoms with Gasteiger partial charge in [0.1, 0.15) is 11.6 Å². The predicted molar refractivity (Wildman–Crippen MR) is 130 cm³/mol. The van der Waals surface area contributed by atoms with Crippen molar-refractivity contribution in [2.24, 2.45) is 0 Å². The highest BCUT2D eigenvalue weighted by Crippen LogP contribution is 2.39. The second-order valence-electron chi connectivity index (χ2n) is 8.51. The Labute approximate surface area is 210 Å². The van der Waals surface area contributed by atoms with Crippen LogP contribution in [0.4, 0.5) is 23.2 Å².